The van der Waals surface area contributed by atoms with Crippen molar-refractivity contribution in [2.75, 3.05) is 26.2 Å². The zero-order valence-corrected chi connectivity index (χ0v) is 12.6. The van der Waals surface area contributed by atoms with E-state index >= 15 is 0 Å². The average Bonchev–Trinajstić information content (AvgIpc) is 2.95. The average molecular weight is 264 g/mol. The molecule has 1 aliphatic heterocycles. The molecule has 1 saturated heterocycles. The molecule has 0 aromatic carbocycles. The second-order valence-electron chi connectivity index (χ2n) is 6.05. The molecule has 2 rings (SSSR count). The fourth-order valence-electron chi connectivity index (χ4n) is 2.84. The lowest BCUT2D eigenvalue weighted by Crippen LogP contribution is -2.40. The van der Waals surface area contributed by atoms with Crippen LogP contribution in [-0.4, -0.2) is 46.7 Å². The maximum Gasteiger partial charge on any atom is 0.105 e. The molecule has 4 heteroatoms. The highest BCUT2D eigenvalue weighted by molar-refractivity contribution is 4.89. The predicted octanol–water partition coefficient (Wildman–Crippen LogP) is 1.90. The minimum atomic E-state index is 0.725. The van der Waals surface area contributed by atoms with E-state index in [1.807, 2.05) is 6.20 Å². The van der Waals surface area contributed by atoms with Gasteiger partial charge in [0, 0.05) is 38.1 Å². The van der Waals surface area contributed by atoms with Crippen molar-refractivity contribution in [2.45, 2.75) is 46.2 Å². The molecular formula is C15H28N4. The van der Waals surface area contributed by atoms with Crippen LogP contribution in [0.15, 0.2) is 12.4 Å². The van der Waals surface area contributed by atoms with Crippen LogP contribution in [0, 0.1) is 12.8 Å². The first-order valence-electron chi connectivity index (χ1n) is 7.59. The molecule has 0 saturated carbocycles. The number of aryl methyl sites for hydroxylation is 1. The minimum Gasteiger partial charge on any atom is -0.334 e. The summed E-state index contributed by atoms with van der Waals surface area (Å²) in [5.41, 5.74) is 0. The van der Waals surface area contributed by atoms with Crippen molar-refractivity contribution in [3.8, 4) is 0 Å². The van der Waals surface area contributed by atoms with E-state index < -0.39 is 0 Å². The summed E-state index contributed by atoms with van der Waals surface area (Å²) in [6.45, 7) is 12.3. The molecule has 1 atom stereocenters. The van der Waals surface area contributed by atoms with Crippen LogP contribution in [0.5, 0.6) is 0 Å². The Kier molecular flexibility index (Phi) is 5.40. The number of likely N-dealkylation sites (tertiary alicyclic amines) is 1. The van der Waals surface area contributed by atoms with Gasteiger partial charge in [-0.25, -0.2) is 4.98 Å². The Hall–Kier alpha value is -0.870. The van der Waals surface area contributed by atoms with Gasteiger partial charge in [-0.1, -0.05) is 13.8 Å². The molecule has 108 valence electrons. The molecule has 0 bridgehead atoms. The summed E-state index contributed by atoms with van der Waals surface area (Å²) in [5, 5.41) is 3.60. The highest BCUT2D eigenvalue weighted by Crippen LogP contribution is 2.16. The fourth-order valence-corrected chi connectivity index (χ4v) is 2.84. The maximum absolute atomic E-state index is 4.28. The quantitative estimate of drug-likeness (QED) is 0.816. The van der Waals surface area contributed by atoms with Gasteiger partial charge in [0.15, 0.2) is 0 Å². The largest absolute Gasteiger partial charge is 0.334 e. The zero-order chi connectivity index (χ0) is 13.7. The Bertz CT molecular complexity index is 372. The molecule has 1 fully saturated rings. The normalized spacial score (nSPS) is 20.5. The third-order valence-electron chi connectivity index (χ3n) is 3.98. The molecule has 0 aliphatic carbocycles. The van der Waals surface area contributed by atoms with E-state index in [0.29, 0.717) is 0 Å². The van der Waals surface area contributed by atoms with Gasteiger partial charge < -0.3 is 9.88 Å². The van der Waals surface area contributed by atoms with Gasteiger partial charge in [0.1, 0.15) is 5.82 Å². The molecular weight excluding hydrogens is 236 g/mol. The predicted molar refractivity (Wildman–Crippen MR) is 79.3 cm³/mol. The first-order chi connectivity index (χ1) is 9.16. The van der Waals surface area contributed by atoms with Gasteiger partial charge in [-0.05, 0) is 38.8 Å². The number of hydrogen-bond acceptors (Lipinski definition) is 3. The van der Waals surface area contributed by atoms with Crippen LogP contribution in [-0.2, 0) is 6.54 Å². The molecule has 1 aliphatic rings. The van der Waals surface area contributed by atoms with Gasteiger partial charge in [-0.15, -0.1) is 0 Å². The van der Waals surface area contributed by atoms with E-state index in [0.717, 1.165) is 44.0 Å². The van der Waals surface area contributed by atoms with Crippen molar-refractivity contribution in [3.63, 3.8) is 0 Å². The number of nitrogens with one attached hydrogen (secondary N) is 1. The maximum atomic E-state index is 4.28. The van der Waals surface area contributed by atoms with Crippen LogP contribution in [0.25, 0.3) is 0 Å². The summed E-state index contributed by atoms with van der Waals surface area (Å²) >= 11 is 0. The summed E-state index contributed by atoms with van der Waals surface area (Å²) in [7, 11) is 0. The van der Waals surface area contributed by atoms with E-state index in [4.69, 9.17) is 0 Å². The SMILES string of the molecule is Cc1nccn1CCN1CCCC1CNCC(C)C. The second kappa shape index (κ2) is 7.06. The molecule has 0 radical (unpaired) electrons. The van der Waals surface area contributed by atoms with Crippen LogP contribution < -0.4 is 5.32 Å². The molecule has 0 spiro atoms. The van der Waals surface area contributed by atoms with Crippen molar-refractivity contribution in [1.29, 1.82) is 0 Å². The van der Waals surface area contributed by atoms with Gasteiger partial charge in [0.25, 0.3) is 0 Å². The van der Waals surface area contributed by atoms with E-state index in [9.17, 15) is 0 Å². The minimum absolute atomic E-state index is 0.725. The van der Waals surface area contributed by atoms with Gasteiger partial charge in [0.2, 0.25) is 0 Å². The van der Waals surface area contributed by atoms with Crippen molar-refractivity contribution in [2.24, 2.45) is 5.92 Å². The molecule has 1 aromatic rings. The second-order valence-corrected chi connectivity index (χ2v) is 6.05. The third-order valence-corrected chi connectivity index (χ3v) is 3.98. The number of hydrogen-bond donors (Lipinski definition) is 1. The lowest BCUT2D eigenvalue weighted by Gasteiger charge is -2.25. The molecule has 0 amide bonds. The standard InChI is InChI=1S/C15H28N4/c1-13(2)11-16-12-15-5-4-7-19(15)10-9-18-8-6-17-14(18)3/h6,8,13,15-16H,4-5,7,9-12H2,1-3H3. The molecule has 4 nitrogen and oxygen atoms in total. The first kappa shape index (κ1) is 14.5. The van der Waals surface area contributed by atoms with Gasteiger partial charge in [0.05, 0.1) is 0 Å². The van der Waals surface area contributed by atoms with E-state index in [2.05, 4.69) is 46.7 Å². The summed E-state index contributed by atoms with van der Waals surface area (Å²) in [6.07, 6.45) is 6.66. The Balaban J connectivity index is 1.74. The number of rotatable bonds is 7. The van der Waals surface area contributed by atoms with E-state index in [1.165, 1.54) is 19.4 Å². The number of nitrogens with zero attached hydrogens (tertiary/aromatic N) is 3. The summed E-state index contributed by atoms with van der Waals surface area (Å²) in [4.78, 5) is 6.91. The third kappa shape index (κ3) is 4.32. The van der Waals surface area contributed by atoms with Crippen molar-refractivity contribution in [1.82, 2.24) is 19.8 Å². The topological polar surface area (TPSA) is 33.1 Å². The van der Waals surface area contributed by atoms with Crippen molar-refractivity contribution >= 4 is 0 Å². The molecule has 19 heavy (non-hydrogen) atoms. The summed E-state index contributed by atoms with van der Waals surface area (Å²) in [6, 6.07) is 0.725. The molecule has 1 unspecified atom stereocenters. The molecule has 2 heterocycles. The Labute approximate surface area is 117 Å². The highest BCUT2D eigenvalue weighted by atomic mass is 15.2. The lowest BCUT2D eigenvalue weighted by atomic mass is 10.2. The summed E-state index contributed by atoms with van der Waals surface area (Å²) in [5.74, 6) is 1.86. The number of imidazole rings is 1. The fraction of sp³-hybridized carbons (Fsp3) is 0.800. The zero-order valence-electron chi connectivity index (χ0n) is 12.6. The van der Waals surface area contributed by atoms with Gasteiger partial charge >= 0.3 is 0 Å². The van der Waals surface area contributed by atoms with Crippen molar-refractivity contribution in [3.05, 3.63) is 18.2 Å². The van der Waals surface area contributed by atoms with Crippen LogP contribution in [0.3, 0.4) is 0 Å². The molecule has 1 aromatic heterocycles. The first-order valence-corrected chi connectivity index (χ1v) is 7.59. The van der Waals surface area contributed by atoms with Crippen molar-refractivity contribution < 1.29 is 0 Å². The van der Waals surface area contributed by atoms with Crippen LogP contribution >= 0.6 is 0 Å². The Morgan fingerprint density at radius 2 is 2.26 bits per heavy atom. The monoisotopic (exact) mass is 264 g/mol. The Morgan fingerprint density at radius 3 is 2.95 bits per heavy atom. The lowest BCUT2D eigenvalue weighted by molar-refractivity contribution is 0.236. The van der Waals surface area contributed by atoms with Gasteiger partial charge in [-0.3, -0.25) is 4.90 Å². The van der Waals surface area contributed by atoms with Crippen LogP contribution in [0.1, 0.15) is 32.5 Å². The number of aromatic nitrogens is 2. The van der Waals surface area contributed by atoms with Crippen LogP contribution in [0.4, 0.5) is 0 Å². The van der Waals surface area contributed by atoms with E-state index in [1.54, 1.807) is 0 Å². The highest BCUT2D eigenvalue weighted by Gasteiger charge is 2.23. The van der Waals surface area contributed by atoms with Crippen LogP contribution in [0.2, 0.25) is 0 Å². The Morgan fingerprint density at radius 1 is 1.42 bits per heavy atom. The van der Waals surface area contributed by atoms with E-state index in [-0.39, 0.29) is 0 Å². The van der Waals surface area contributed by atoms with Gasteiger partial charge in [-0.2, -0.15) is 0 Å². The smallest absolute Gasteiger partial charge is 0.105 e. The molecule has 1 N–H and O–H groups in total. The summed E-state index contributed by atoms with van der Waals surface area (Å²) < 4.78 is 2.25.